The van der Waals surface area contributed by atoms with Gasteiger partial charge in [-0.15, -0.1) is 0 Å². The third-order valence-corrected chi connectivity index (χ3v) is 6.64. The van der Waals surface area contributed by atoms with Gasteiger partial charge in [0, 0.05) is 17.9 Å². The zero-order valence-corrected chi connectivity index (χ0v) is 17.3. The molecule has 0 saturated carbocycles. The number of halogens is 1. The monoisotopic (exact) mass is 400 g/mol. The molecule has 0 amide bonds. The Bertz CT molecular complexity index is 768. The van der Waals surface area contributed by atoms with Gasteiger partial charge in [0.2, 0.25) is 0 Å². The first-order chi connectivity index (χ1) is 11.6. The number of Topliss-reactive ketones (excluding diaryl/α,β-unsaturated/α-hetero) is 1. The first kappa shape index (κ1) is 20.3. The number of thiocarbonyl (C=S) groups is 1. The summed E-state index contributed by atoms with van der Waals surface area (Å²) < 4.78 is 24.3. The minimum Gasteiger partial charge on any atom is -0.425 e. The number of rotatable bonds is 6. The summed E-state index contributed by atoms with van der Waals surface area (Å²) in [6.07, 6.45) is 0.851. The standard InChI is InChI=1S/C18H22ClO4PS/c1-5-22-24(21,12(2)25)23-16-11-18(3,4)10-15(20)17(16)13-6-8-14(19)9-7-13/h6-9H,5,10-11H2,1-4H3. The van der Waals surface area contributed by atoms with E-state index in [9.17, 15) is 9.36 Å². The van der Waals surface area contributed by atoms with Gasteiger partial charge in [0.05, 0.1) is 12.2 Å². The molecule has 0 fully saturated rings. The van der Waals surface area contributed by atoms with E-state index in [4.69, 9.17) is 32.9 Å². The summed E-state index contributed by atoms with van der Waals surface area (Å²) in [5.74, 6) is 0.309. The van der Waals surface area contributed by atoms with E-state index in [1.165, 1.54) is 6.92 Å². The number of carbonyl (C=O) groups is 1. The second-order valence-electron chi connectivity index (χ2n) is 6.77. The van der Waals surface area contributed by atoms with Gasteiger partial charge in [0.1, 0.15) is 10.4 Å². The van der Waals surface area contributed by atoms with Crippen molar-refractivity contribution in [2.24, 2.45) is 5.41 Å². The lowest BCUT2D eigenvalue weighted by molar-refractivity contribution is -0.116. The minimum atomic E-state index is -3.61. The summed E-state index contributed by atoms with van der Waals surface area (Å²) in [6.45, 7) is 7.40. The Hall–Kier alpha value is -1.00. The number of benzene rings is 1. The van der Waals surface area contributed by atoms with Crippen molar-refractivity contribution in [3.63, 3.8) is 0 Å². The van der Waals surface area contributed by atoms with Crippen LogP contribution < -0.4 is 0 Å². The minimum absolute atomic E-state index is 0.0568. The van der Waals surface area contributed by atoms with Crippen LogP contribution in [0.25, 0.3) is 5.57 Å². The average molecular weight is 401 g/mol. The van der Waals surface area contributed by atoms with Crippen molar-refractivity contribution in [3.05, 3.63) is 40.6 Å². The Labute approximate surface area is 159 Å². The SMILES string of the molecule is CCOP(=O)(OC1=C(c2ccc(Cl)cc2)C(=O)CC(C)(C)C1)C(C)=S. The summed E-state index contributed by atoms with van der Waals surface area (Å²) in [5, 5.41) is 0.574. The predicted octanol–water partition coefficient (Wildman–Crippen LogP) is 6.03. The molecule has 1 atom stereocenters. The molecule has 0 saturated heterocycles. The van der Waals surface area contributed by atoms with Crippen LogP contribution in [-0.2, 0) is 18.4 Å². The molecule has 0 radical (unpaired) electrons. The van der Waals surface area contributed by atoms with Gasteiger partial charge in [-0.3, -0.25) is 9.32 Å². The molecule has 4 nitrogen and oxygen atoms in total. The fourth-order valence-electron chi connectivity index (χ4n) is 2.78. The van der Waals surface area contributed by atoms with E-state index in [1.807, 2.05) is 13.8 Å². The second kappa shape index (κ2) is 7.71. The van der Waals surface area contributed by atoms with E-state index in [2.05, 4.69) is 0 Å². The molecule has 2 rings (SSSR count). The predicted molar refractivity (Wildman–Crippen MR) is 105 cm³/mol. The van der Waals surface area contributed by atoms with Crippen LogP contribution in [0.1, 0.15) is 46.1 Å². The highest BCUT2D eigenvalue weighted by Gasteiger charge is 2.39. The first-order valence-electron chi connectivity index (χ1n) is 8.05. The molecule has 0 heterocycles. The number of hydrogen-bond acceptors (Lipinski definition) is 5. The number of allylic oxidation sites excluding steroid dienone is 2. The van der Waals surface area contributed by atoms with Crippen molar-refractivity contribution in [2.45, 2.75) is 40.5 Å². The molecular weight excluding hydrogens is 379 g/mol. The zero-order valence-electron chi connectivity index (χ0n) is 14.8. The van der Waals surface area contributed by atoms with Crippen LogP contribution in [0.2, 0.25) is 5.02 Å². The Morgan fingerprint density at radius 3 is 2.40 bits per heavy atom. The van der Waals surface area contributed by atoms with Crippen molar-refractivity contribution in [1.29, 1.82) is 0 Å². The van der Waals surface area contributed by atoms with Crippen LogP contribution >= 0.6 is 31.4 Å². The van der Waals surface area contributed by atoms with E-state index in [1.54, 1.807) is 31.2 Å². The van der Waals surface area contributed by atoms with Gasteiger partial charge in [0.25, 0.3) is 0 Å². The molecule has 1 aromatic carbocycles. The van der Waals surface area contributed by atoms with E-state index in [-0.39, 0.29) is 22.4 Å². The highest BCUT2D eigenvalue weighted by molar-refractivity contribution is 7.97. The van der Waals surface area contributed by atoms with Crippen molar-refractivity contribution < 1.29 is 18.4 Å². The number of hydrogen-bond donors (Lipinski definition) is 0. The molecule has 0 aliphatic heterocycles. The zero-order chi connectivity index (χ0) is 18.8. The van der Waals surface area contributed by atoms with Gasteiger partial charge in [-0.1, -0.05) is 49.8 Å². The van der Waals surface area contributed by atoms with E-state index in [0.717, 1.165) is 0 Å². The molecule has 25 heavy (non-hydrogen) atoms. The molecule has 0 aromatic heterocycles. The summed E-state index contributed by atoms with van der Waals surface area (Å²) in [6, 6.07) is 6.93. The third-order valence-electron chi connectivity index (χ3n) is 3.88. The van der Waals surface area contributed by atoms with Crippen LogP contribution in [0.3, 0.4) is 0 Å². The van der Waals surface area contributed by atoms with Gasteiger partial charge >= 0.3 is 7.60 Å². The summed E-state index contributed by atoms with van der Waals surface area (Å²) in [4.78, 5) is 12.8. The van der Waals surface area contributed by atoms with Crippen LogP contribution in [0, 0.1) is 5.41 Å². The molecule has 1 aromatic rings. The Balaban J connectivity index is 2.57. The van der Waals surface area contributed by atoms with Crippen LogP contribution in [-0.4, -0.2) is 17.0 Å². The fraction of sp³-hybridized carbons (Fsp3) is 0.444. The lowest BCUT2D eigenvalue weighted by Crippen LogP contribution is -2.26. The van der Waals surface area contributed by atoms with Crippen molar-refractivity contribution >= 4 is 47.4 Å². The fourth-order valence-corrected chi connectivity index (χ4v) is 4.32. The molecule has 1 unspecified atom stereocenters. The van der Waals surface area contributed by atoms with Crippen molar-refractivity contribution in [3.8, 4) is 0 Å². The first-order valence-corrected chi connectivity index (χ1v) is 10.4. The highest BCUT2D eigenvalue weighted by Crippen LogP contribution is 2.55. The molecule has 0 spiro atoms. The lowest BCUT2D eigenvalue weighted by Gasteiger charge is -2.33. The summed E-state index contributed by atoms with van der Waals surface area (Å²) in [5.41, 5.74) is 0.812. The molecule has 0 N–H and O–H groups in total. The molecule has 1 aliphatic carbocycles. The maximum absolute atomic E-state index is 13.0. The Morgan fingerprint density at radius 2 is 1.88 bits per heavy atom. The van der Waals surface area contributed by atoms with Crippen molar-refractivity contribution in [1.82, 2.24) is 0 Å². The lowest BCUT2D eigenvalue weighted by atomic mass is 9.75. The Kier molecular flexibility index (Phi) is 6.26. The third kappa shape index (κ3) is 4.79. The number of carbonyl (C=O) groups excluding carboxylic acids is 1. The van der Waals surface area contributed by atoms with Crippen LogP contribution in [0.4, 0.5) is 0 Å². The van der Waals surface area contributed by atoms with E-state index < -0.39 is 7.60 Å². The number of ketones is 1. The molecule has 7 heteroatoms. The van der Waals surface area contributed by atoms with Gasteiger partial charge in [-0.2, -0.15) is 0 Å². The van der Waals surface area contributed by atoms with Gasteiger partial charge in [-0.05, 0) is 37.0 Å². The molecule has 1 aliphatic rings. The molecular formula is C18H22ClO4PS. The quantitative estimate of drug-likeness (QED) is 0.430. The van der Waals surface area contributed by atoms with E-state index in [0.29, 0.717) is 34.8 Å². The maximum atomic E-state index is 13.0. The summed E-state index contributed by atoms with van der Waals surface area (Å²) in [7, 11) is -3.61. The van der Waals surface area contributed by atoms with Gasteiger partial charge in [0.15, 0.2) is 5.78 Å². The molecule has 136 valence electrons. The van der Waals surface area contributed by atoms with Gasteiger partial charge < -0.3 is 4.52 Å². The normalized spacial score (nSPS) is 19.5. The van der Waals surface area contributed by atoms with Crippen molar-refractivity contribution in [2.75, 3.05) is 6.61 Å². The summed E-state index contributed by atoms with van der Waals surface area (Å²) >= 11 is 11.0. The second-order valence-corrected chi connectivity index (χ2v) is 10.2. The Morgan fingerprint density at radius 1 is 1.28 bits per heavy atom. The topological polar surface area (TPSA) is 52.6 Å². The van der Waals surface area contributed by atoms with Crippen LogP contribution in [0.5, 0.6) is 0 Å². The largest absolute Gasteiger partial charge is 0.425 e. The van der Waals surface area contributed by atoms with E-state index >= 15 is 0 Å². The smallest absolute Gasteiger partial charge is 0.416 e. The maximum Gasteiger partial charge on any atom is 0.416 e. The average Bonchev–Trinajstić information content (AvgIpc) is 2.47. The van der Waals surface area contributed by atoms with Gasteiger partial charge in [-0.25, -0.2) is 4.57 Å². The van der Waals surface area contributed by atoms with Crippen LogP contribution in [0.15, 0.2) is 30.0 Å². The highest BCUT2D eigenvalue weighted by atomic mass is 35.5. The molecule has 0 bridgehead atoms.